The van der Waals surface area contributed by atoms with Gasteiger partial charge in [0.15, 0.2) is 0 Å². The van der Waals surface area contributed by atoms with Crippen LogP contribution in [0.25, 0.3) is 0 Å². The lowest BCUT2D eigenvalue weighted by molar-refractivity contribution is 0.482. The first-order valence-corrected chi connectivity index (χ1v) is 33.3. The van der Waals surface area contributed by atoms with Crippen molar-refractivity contribution in [3.05, 3.63) is 285 Å². The summed E-state index contributed by atoms with van der Waals surface area (Å²) in [7, 11) is 0. The molecule has 10 rings (SSSR count). The zero-order valence-corrected chi connectivity index (χ0v) is 60.2. The van der Waals surface area contributed by atoms with E-state index in [1.54, 1.807) is 0 Å². The average Bonchev–Trinajstić information content (AvgIpc) is 0.790. The lowest BCUT2D eigenvalue weighted by Crippen LogP contribution is -2.16. The minimum atomic E-state index is 0. The first kappa shape index (κ1) is 71.6. The topological polar surface area (TPSA) is 37.0 Å². The molecule has 0 radical (unpaired) electrons. The molecule has 7 heteroatoms. The molecule has 10 aromatic carbocycles. The van der Waals surface area contributed by atoms with Crippen LogP contribution in [0.4, 0.5) is 45.5 Å². The zero-order chi connectivity index (χ0) is 66.1. The van der Waals surface area contributed by atoms with E-state index in [0.717, 1.165) is 77.4 Å². The fraction of sp³-hybridized carbons (Fsp3) is 0.294. The van der Waals surface area contributed by atoms with Gasteiger partial charge in [-0.1, -0.05) is 273 Å². The minimum Gasteiger partial charge on any atom is -0.457 e. The monoisotopic (exact) mass is 1350 g/mol. The van der Waals surface area contributed by atoms with Crippen LogP contribution in [-0.4, -0.2) is 0 Å². The van der Waals surface area contributed by atoms with Gasteiger partial charge in [-0.3, -0.25) is 0 Å². The molecule has 0 aliphatic heterocycles. The van der Waals surface area contributed by atoms with Crippen molar-refractivity contribution >= 4 is 77.4 Å². The van der Waals surface area contributed by atoms with E-state index in [4.69, 9.17) is 9.47 Å². The molecule has 0 spiro atoms. The van der Waals surface area contributed by atoms with Gasteiger partial charge >= 0.3 is 0 Å². The zero-order valence-electron chi connectivity index (χ0n) is 57.1. The van der Waals surface area contributed by atoms with E-state index in [1.807, 2.05) is 78.9 Å². The summed E-state index contributed by atoms with van der Waals surface area (Å²) in [5.74, 6) is 3.19. The van der Waals surface area contributed by atoms with Gasteiger partial charge in [0.1, 0.15) is 23.0 Å². The number of nitrogens with one attached hydrogen (secondary N) is 1. The number of benzene rings is 10. The van der Waals surface area contributed by atoms with Gasteiger partial charge in [0.05, 0.1) is 11.4 Å². The van der Waals surface area contributed by atoms with Crippen molar-refractivity contribution in [2.75, 3.05) is 15.1 Å². The van der Waals surface area contributed by atoms with Gasteiger partial charge in [-0.25, -0.2) is 0 Å². The van der Waals surface area contributed by atoms with Crippen LogP contribution >= 0.6 is 31.9 Å². The lowest BCUT2D eigenvalue weighted by atomic mass is 9.86. The molecule has 5 nitrogen and oxygen atoms in total. The molecule has 0 saturated carbocycles. The van der Waals surface area contributed by atoms with Gasteiger partial charge in [-0.05, 0) is 187 Å². The van der Waals surface area contributed by atoms with Crippen LogP contribution in [0.2, 0.25) is 0 Å². The lowest BCUT2D eigenvalue weighted by Gasteiger charge is -2.31. The highest BCUT2D eigenvalue weighted by atomic mass is 79.9. The van der Waals surface area contributed by atoms with Crippen LogP contribution in [0.3, 0.4) is 0 Å². The second-order valence-electron chi connectivity index (χ2n) is 29.8. The molecule has 480 valence electrons. The Morgan fingerprint density at radius 3 is 0.717 bits per heavy atom. The van der Waals surface area contributed by atoms with E-state index in [-0.39, 0.29) is 39.9 Å². The molecule has 0 unspecified atom stereocenters. The number of nitrogens with zero attached hydrogens (tertiary/aromatic N) is 2. The molecule has 0 aromatic heterocycles. The number of ether oxygens (including phenoxy) is 2. The molecule has 1 N–H and O–H groups in total. The summed E-state index contributed by atoms with van der Waals surface area (Å²) in [5, 5.41) is 3.46. The normalized spacial score (nSPS) is 11.8. The summed E-state index contributed by atoms with van der Waals surface area (Å²) in [5.41, 5.74) is 17.0. The van der Waals surface area contributed by atoms with Crippen molar-refractivity contribution in [3.63, 3.8) is 0 Å². The number of para-hydroxylation sites is 2. The summed E-state index contributed by atoms with van der Waals surface area (Å²) in [4.78, 5) is 4.70. The van der Waals surface area contributed by atoms with Crippen LogP contribution < -0.4 is 24.6 Å². The Balaban J connectivity index is 0.000000262. The first-order valence-electron chi connectivity index (χ1n) is 31.7. The number of rotatable bonds is 12. The second kappa shape index (κ2) is 29.8. The Morgan fingerprint density at radius 1 is 0.250 bits per heavy atom. The molecule has 92 heavy (non-hydrogen) atoms. The molecule has 0 bridgehead atoms. The molecule has 0 heterocycles. The second-order valence-corrected chi connectivity index (χ2v) is 31.6. The fourth-order valence-corrected chi connectivity index (χ4v) is 11.6. The molecule has 0 fully saturated rings. The number of hydrogen-bond acceptors (Lipinski definition) is 5. The SMILES string of the molecule is Brc1cc(Br)cc(Oc2ccccc2)c1.C.CC(C)(C)c1ccc(N(c2ccc(C(C)(C)C)cc2)c2cc(Oc3ccccc3)cc(N(c3ccc(C(C)(C)C)cc3)c3ccc(C(C)(C)C)cc3)c2)cc1.CC(C)(C)c1ccc(Nc2ccc(C(C)(C)C)cc2)cc1. The molecule has 0 atom stereocenters. The molecule has 0 amide bonds. The van der Waals surface area contributed by atoms with E-state index in [9.17, 15) is 0 Å². The van der Waals surface area contributed by atoms with Crippen molar-refractivity contribution in [1.29, 1.82) is 0 Å². The highest BCUT2D eigenvalue weighted by Crippen LogP contribution is 2.45. The molecule has 0 aliphatic carbocycles. The van der Waals surface area contributed by atoms with Crippen LogP contribution in [-0.2, 0) is 32.5 Å². The molecule has 0 saturated heterocycles. The molecule has 10 aromatic rings. The van der Waals surface area contributed by atoms with Crippen molar-refractivity contribution in [1.82, 2.24) is 0 Å². The van der Waals surface area contributed by atoms with Crippen LogP contribution in [0.5, 0.6) is 23.0 Å². The Kier molecular flexibility index (Phi) is 23.2. The van der Waals surface area contributed by atoms with Gasteiger partial charge in [-0.2, -0.15) is 0 Å². The van der Waals surface area contributed by atoms with E-state index in [2.05, 4.69) is 335 Å². The Bertz CT molecular complexity index is 3590. The van der Waals surface area contributed by atoms with E-state index >= 15 is 0 Å². The first-order chi connectivity index (χ1) is 42.7. The fourth-order valence-electron chi connectivity index (χ4n) is 10.3. The number of anilines is 8. The quantitative estimate of drug-likeness (QED) is 0.132. The third-order valence-corrected chi connectivity index (χ3v) is 16.9. The van der Waals surface area contributed by atoms with Crippen molar-refractivity contribution in [2.24, 2.45) is 0 Å². The summed E-state index contributed by atoms with van der Waals surface area (Å²) < 4.78 is 14.4. The molecular weight excluding hydrogens is 1250 g/mol. The van der Waals surface area contributed by atoms with Gasteiger partial charge in [0.2, 0.25) is 0 Å². The van der Waals surface area contributed by atoms with E-state index < -0.39 is 0 Å². The predicted octanol–water partition coefficient (Wildman–Crippen LogP) is 27.3. The molecular formula is C85H99Br2N3O2. The number of hydrogen-bond donors (Lipinski definition) is 1. The van der Waals surface area contributed by atoms with Crippen molar-refractivity contribution in [2.45, 2.75) is 165 Å². The maximum Gasteiger partial charge on any atom is 0.131 e. The van der Waals surface area contributed by atoms with Crippen LogP contribution in [0.15, 0.2) is 252 Å². The van der Waals surface area contributed by atoms with E-state index in [0.29, 0.717) is 0 Å². The maximum absolute atomic E-state index is 6.71. The Morgan fingerprint density at radius 2 is 0.478 bits per heavy atom. The third kappa shape index (κ3) is 20.1. The highest BCUT2D eigenvalue weighted by Gasteiger charge is 2.24. The van der Waals surface area contributed by atoms with Crippen molar-refractivity contribution in [3.8, 4) is 23.0 Å². The smallest absolute Gasteiger partial charge is 0.131 e. The maximum atomic E-state index is 6.71. The van der Waals surface area contributed by atoms with Crippen LogP contribution in [0, 0.1) is 0 Å². The summed E-state index contributed by atoms with van der Waals surface area (Å²) in [6.07, 6.45) is 0. The Labute approximate surface area is 570 Å². The van der Waals surface area contributed by atoms with Gasteiger partial charge < -0.3 is 24.6 Å². The minimum absolute atomic E-state index is 0. The van der Waals surface area contributed by atoms with Gasteiger partial charge in [0, 0.05) is 55.2 Å². The standard InChI is InChI=1S/C52H60N2O.C20H27N.C12H8Br2O.CH4/c1-49(2,3)37-18-26-41(27-19-37)53(42-28-20-38(21-29-42)50(4,5)6)45-34-46(36-48(35-45)55-47-16-14-13-15-17-47)54(43-30-22-39(23-31-43)51(7,8)9)44-32-24-40(25-33-44)52(10,11)12;1-19(2,3)15-7-11-17(12-8-15)21-18-13-9-16(10-14-18)20(4,5)6;13-9-6-10(14)8-12(7-9)15-11-4-2-1-3-5-11;/h13-36H,1-12H3;7-14,21H,1-6H3;1-8H;1H4. The highest BCUT2D eigenvalue weighted by molar-refractivity contribution is 9.11. The van der Waals surface area contributed by atoms with Crippen LogP contribution in [0.1, 0.15) is 165 Å². The third-order valence-electron chi connectivity index (χ3n) is 15.9. The van der Waals surface area contributed by atoms with Gasteiger partial charge in [0.25, 0.3) is 0 Å². The predicted molar refractivity (Wildman–Crippen MR) is 406 cm³/mol. The Hall–Kier alpha value is -7.84. The van der Waals surface area contributed by atoms with E-state index in [1.165, 1.54) is 33.4 Å². The molecule has 0 aliphatic rings. The van der Waals surface area contributed by atoms with Crippen molar-refractivity contribution < 1.29 is 9.47 Å². The summed E-state index contributed by atoms with van der Waals surface area (Å²) >= 11 is 6.83. The van der Waals surface area contributed by atoms with Gasteiger partial charge in [-0.15, -0.1) is 0 Å². The largest absolute Gasteiger partial charge is 0.457 e. The summed E-state index contributed by atoms with van der Waals surface area (Å²) in [6, 6.07) is 85.7. The average molecular weight is 1350 g/mol. The summed E-state index contributed by atoms with van der Waals surface area (Å²) in [6.45, 7) is 40.6. The number of halogens is 2.